The molecule has 0 aliphatic carbocycles. The summed E-state index contributed by atoms with van der Waals surface area (Å²) in [4.78, 5) is 17.5. The van der Waals surface area contributed by atoms with Crippen LogP contribution >= 0.6 is 0 Å². The molecule has 18 heavy (non-hydrogen) atoms. The van der Waals surface area contributed by atoms with E-state index < -0.39 is 0 Å². The zero-order valence-corrected chi connectivity index (χ0v) is 10.9. The second-order valence-corrected chi connectivity index (χ2v) is 5.60. The second-order valence-electron chi connectivity index (χ2n) is 5.60. The third-order valence-electron chi connectivity index (χ3n) is 4.49. The average molecular weight is 247 g/mol. The highest BCUT2D eigenvalue weighted by Gasteiger charge is 2.31. The summed E-state index contributed by atoms with van der Waals surface area (Å²) in [5.41, 5.74) is 1.88. The first-order valence-electron chi connectivity index (χ1n) is 6.89. The number of nitrogens with zero attached hydrogens (tertiary/aromatic N) is 1. The van der Waals surface area contributed by atoms with Crippen molar-refractivity contribution in [3.63, 3.8) is 0 Å². The highest BCUT2D eigenvalue weighted by molar-refractivity contribution is 5.95. The summed E-state index contributed by atoms with van der Waals surface area (Å²) in [5.74, 6) is 1.74. The third kappa shape index (κ3) is 2.05. The zero-order chi connectivity index (χ0) is 12.5. The minimum atomic E-state index is 0.196. The lowest BCUT2D eigenvalue weighted by Crippen LogP contribution is -2.32. The van der Waals surface area contributed by atoms with Crippen molar-refractivity contribution >= 4 is 5.91 Å². The molecule has 0 bridgehead atoms. The van der Waals surface area contributed by atoms with Gasteiger partial charge in [-0.25, -0.2) is 0 Å². The number of hydrogen-bond acceptors (Lipinski definition) is 2. The fourth-order valence-electron chi connectivity index (χ4n) is 3.26. The van der Waals surface area contributed by atoms with E-state index in [2.05, 4.69) is 10.3 Å². The van der Waals surface area contributed by atoms with Crippen LogP contribution in [-0.2, 0) is 0 Å². The molecule has 4 heteroatoms. The van der Waals surface area contributed by atoms with Gasteiger partial charge < -0.3 is 15.2 Å². The first-order valence-corrected chi connectivity index (χ1v) is 6.89. The van der Waals surface area contributed by atoms with Crippen LogP contribution in [-0.4, -0.2) is 42.0 Å². The molecule has 1 aromatic rings. The molecule has 1 amide bonds. The molecule has 0 aromatic carbocycles. The second kappa shape index (κ2) is 4.76. The van der Waals surface area contributed by atoms with Crippen LogP contribution in [0.4, 0.5) is 0 Å². The minimum Gasteiger partial charge on any atom is -0.367 e. The first kappa shape index (κ1) is 11.8. The number of likely N-dealkylation sites (tertiary alicyclic amines) is 1. The maximum atomic E-state index is 12.4. The molecule has 98 valence electrons. The van der Waals surface area contributed by atoms with E-state index in [9.17, 15) is 4.79 Å². The van der Waals surface area contributed by atoms with E-state index in [1.807, 2.05) is 24.2 Å². The van der Waals surface area contributed by atoms with Crippen LogP contribution in [0.3, 0.4) is 0 Å². The van der Waals surface area contributed by atoms with Crippen LogP contribution in [0.5, 0.6) is 0 Å². The number of amides is 1. The summed E-state index contributed by atoms with van der Waals surface area (Å²) in [5, 5.41) is 3.46. The van der Waals surface area contributed by atoms with Gasteiger partial charge in [-0.05, 0) is 50.3 Å². The normalized spacial score (nSPS) is 27.9. The molecular weight excluding hydrogens is 226 g/mol. The smallest absolute Gasteiger partial charge is 0.255 e. The van der Waals surface area contributed by atoms with Gasteiger partial charge in [0.05, 0.1) is 5.56 Å². The van der Waals surface area contributed by atoms with Crippen molar-refractivity contribution in [3.05, 3.63) is 23.5 Å². The fourth-order valence-corrected chi connectivity index (χ4v) is 3.26. The lowest BCUT2D eigenvalue weighted by molar-refractivity contribution is 0.0758. The average Bonchev–Trinajstić information content (AvgIpc) is 2.94. The zero-order valence-electron chi connectivity index (χ0n) is 10.9. The Morgan fingerprint density at radius 3 is 2.44 bits per heavy atom. The first-order chi connectivity index (χ1) is 8.75. The number of aromatic nitrogens is 1. The number of H-pyrrole nitrogens is 1. The van der Waals surface area contributed by atoms with Crippen molar-refractivity contribution in [2.45, 2.75) is 19.8 Å². The summed E-state index contributed by atoms with van der Waals surface area (Å²) in [7, 11) is 0. The Balaban J connectivity index is 1.70. The van der Waals surface area contributed by atoms with Crippen LogP contribution in [0.15, 0.2) is 12.4 Å². The summed E-state index contributed by atoms with van der Waals surface area (Å²) in [6.07, 6.45) is 6.01. The lowest BCUT2D eigenvalue weighted by atomic mass is 9.92. The Labute approximate surface area is 108 Å². The van der Waals surface area contributed by atoms with Crippen LogP contribution in [0.1, 0.15) is 28.8 Å². The van der Waals surface area contributed by atoms with Crippen molar-refractivity contribution in [3.8, 4) is 0 Å². The molecule has 0 saturated carbocycles. The van der Waals surface area contributed by atoms with E-state index in [1.165, 1.54) is 0 Å². The van der Waals surface area contributed by atoms with Crippen molar-refractivity contribution in [2.24, 2.45) is 11.8 Å². The van der Waals surface area contributed by atoms with Crippen molar-refractivity contribution in [1.29, 1.82) is 0 Å². The van der Waals surface area contributed by atoms with Gasteiger partial charge in [-0.2, -0.15) is 0 Å². The van der Waals surface area contributed by atoms with Gasteiger partial charge in [0.2, 0.25) is 0 Å². The van der Waals surface area contributed by atoms with E-state index in [4.69, 9.17) is 0 Å². The molecule has 0 radical (unpaired) electrons. The van der Waals surface area contributed by atoms with E-state index in [1.54, 1.807) is 0 Å². The SMILES string of the molecule is Cc1c[nH]cc1C(=O)N1CC[C@@H]2CNC[C@@H]2CC1. The molecule has 2 saturated heterocycles. The molecule has 2 aliphatic heterocycles. The predicted octanol–water partition coefficient (Wildman–Crippen LogP) is 1.39. The molecule has 2 atom stereocenters. The van der Waals surface area contributed by atoms with Crippen LogP contribution in [0.2, 0.25) is 0 Å². The quantitative estimate of drug-likeness (QED) is 0.788. The van der Waals surface area contributed by atoms with Gasteiger partial charge in [0.25, 0.3) is 5.91 Å². The summed E-state index contributed by atoms with van der Waals surface area (Å²) >= 11 is 0. The third-order valence-corrected chi connectivity index (χ3v) is 4.49. The monoisotopic (exact) mass is 247 g/mol. The largest absolute Gasteiger partial charge is 0.367 e. The minimum absolute atomic E-state index is 0.196. The van der Waals surface area contributed by atoms with Crippen molar-refractivity contribution in [2.75, 3.05) is 26.2 Å². The topological polar surface area (TPSA) is 48.1 Å². The van der Waals surface area contributed by atoms with Gasteiger partial charge in [-0.3, -0.25) is 4.79 Å². The molecular formula is C14H21N3O. The summed E-state index contributed by atoms with van der Waals surface area (Å²) in [6, 6.07) is 0. The number of fused-ring (bicyclic) bond motifs is 1. The molecule has 1 aromatic heterocycles. The standard InChI is InChI=1S/C14H21N3O/c1-10-6-15-9-13(10)14(18)17-4-2-11-7-16-8-12(11)3-5-17/h6,9,11-12,15-16H,2-5,7-8H2,1H3/t11-,12+. The molecule has 0 spiro atoms. The summed E-state index contributed by atoms with van der Waals surface area (Å²) < 4.78 is 0. The van der Waals surface area contributed by atoms with Crippen LogP contribution < -0.4 is 5.32 Å². The molecule has 4 nitrogen and oxygen atoms in total. The van der Waals surface area contributed by atoms with Gasteiger partial charge in [-0.15, -0.1) is 0 Å². The Morgan fingerprint density at radius 2 is 1.89 bits per heavy atom. The number of carbonyl (C=O) groups excluding carboxylic acids is 1. The number of rotatable bonds is 1. The van der Waals surface area contributed by atoms with E-state index >= 15 is 0 Å². The molecule has 3 heterocycles. The molecule has 2 aliphatic rings. The van der Waals surface area contributed by atoms with Gasteiger partial charge in [0, 0.05) is 25.5 Å². The van der Waals surface area contributed by atoms with Crippen molar-refractivity contribution in [1.82, 2.24) is 15.2 Å². The van der Waals surface area contributed by atoms with Gasteiger partial charge in [-0.1, -0.05) is 0 Å². The van der Waals surface area contributed by atoms with E-state index in [0.717, 1.165) is 62.0 Å². The van der Waals surface area contributed by atoms with E-state index in [0.29, 0.717) is 0 Å². The number of nitrogens with one attached hydrogen (secondary N) is 2. The molecule has 3 rings (SSSR count). The fraction of sp³-hybridized carbons (Fsp3) is 0.643. The van der Waals surface area contributed by atoms with E-state index in [-0.39, 0.29) is 5.91 Å². The molecule has 2 N–H and O–H groups in total. The maximum absolute atomic E-state index is 12.4. The van der Waals surface area contributed by atoms with Crippen LogP contribution in [0.25, 0.3) is 0 Å². The number of carbonyl (C=O) groups is 1. The predicted molar refractivity (Wildman–Crippen MR) is 70.5 cm³/mol. The maximum Gasteiger partial charge on any atom is 0.255 e. The molecule has 2 fully saturated rings. The Morgan fingerprint density at radius 1 is 1.22 bits per heavy atom. The molecule has 0 unspecified atom stereocenters. The van der Waals surface area contributed by atoms with Crippen LogP contribution in [0, 0.1) is 18.8 Å². The number of aromatic amines is 1. The highest BCUT2D eigenvalue weighted by atomic mass is 16.2. The number of aryl methyl sites for hydroxylation is 1. The highest BCUT2D eigenvalue weighted by Crippen LogP contribution is 2.27. The van der Waals surface area contributed by atoms with Gasteiger partial charge in [0.1, 0.15) is 0 Å². The van der Waals surface area contributed by atoms with Crippen molar-refractivity contribution < 1.29 is 4.79 Å². The lowest BCUT2D eigenvalue weighted by Gasteiger charge is -2.20. The Kier molecular flexibility index (Phi) is 3.12. The Hall–Kier alpha value is -1.29. The number of hydrogen-bond donors (Lipinski definition) is 2. The summed E-state index contributed by atoms with van der Waals surface area (Å²) in [6.45, 7) is 6.07. The Bertz CT molecular complexity index is 426. The van der Waals surface area contributed by atoms with Gasteiger partial charge in [0.15, 0.2) is 0 Å². The van der Waals surface area contributed by atoms with Gasteiger partial charge >= 0.3 is 0 Å².